The van der Waals surface area contributed by atoms with Crippen molar-refractivity contribution >= 4 is 27.9 Å². The van der Waals surface area contributed by atoms with Gasteiger partial charge >= 0.3 is 4.70 Å². The van der Waals surface area contributed by atoms with Crippen LogP contribution in [0.15, 0.2) is 0 Å². The Bertz CT molecular complexity index is 111. The molecule has 0 spiro atoms. The van der Waals surface area contributed by atoms with E-state index < -0.39 is 4.70 Å². The Morgan fingerprint density at radius 1 is 1.36 bits per heavy atom. The molecule has 0 aromatic carbocycles. The smallest absolute Gasteiger partial charge is 0.313 e. The topological polar surface area (TPSA) is 32.3 Å². The first kappa shape index (κ1) is 11.2. The zero-order valence-corrected chi connectivity index (χ0v) is 7.95. The third kappa shape index (κ3) is 10.2. The molecule has 5 heteroatoms. The number of carbonyl (C=O) groups excluding carboxylic acids is 1. The lowest BCUT2D eigenvalue weighted by molar-refractivity contribution is 0.275. The number of hydrogen-bond acceptors (Lipinski definition) is 3. The molecule has 1 N–H and O–H groups in total. The maximum Gasteiger partial charge on any atom is 0.313 e. The predicted octanol–water partition coefficient (Wildman–Crippen LogP) is 1.11. The highest BCUT2D eigenvalue weighted by molar-refractivity contribution is 6.93. The van der Waals surface area contributed by atoms with E-state index in [0.717, 1.165) is 13.1 Å². The van der Waals surface area contributed by atoms with E-state index in [2.05, 4.69) is 40.5 Å². The molecule has 66 valence electrons. The summed E-state index contributed by atoms with van der Waals surface area (Å²) in [5, 5.41) is 3.27. The molecule has 0 amide bonds. The van der Waals surface area contributed by atoms with E-state index >= 15 is 0 Å². The molecule has 1 aliphatic heterocycles. The largest absolute Gasteiger partial charge is 0.314 e. The van der Waals surface area contributed by atoms with E-state index in [1.165, 1.54) is 13.1 Å². The number of likely N-dealkylation sites (N-methyl/N-ethyl adjacent to an activating group) is 1. The fourth-order valence-corrected chi connectivity index (χ4v) is 0.777. The average molecular weight is 199 g/mol. The normalized spacial score (nSPS) is 18.5. The molecular formula is C6H12Cl2N2O. The molecule has 0 unspecified atom stereocenters. The van der Waals surface area contributed by atoms with Gasteiger partial charge in [-0.25, -0.2) is 0 Å². The lowest BCUT2D eigenvalue weighted by Gasteiger charge is -2.21. The number of hydrogen-bond donors (Lipinski definition) is 1. The minimum atomic E-state index is -0.889. The van der Waals surface area contributed by atoms with Crippen LogP contribution in [0.4, 0.5) is 4.79 Å². The summed E-state index contributed by atoms with van der Waals surface area (Å²) in [6, 6.07) is 0. The summed E-state index contributed by atoms with van der Waals surface area (Å²) in [6.45, 7) is 4.74. The minimum Gasteiger partial charge on any atom is -0.314 e. The van der Waals surface area contributed by atoms with Gasteiger partial charge in [0.2, 0.25) is 0 Å². The van der Waals surface area contributed by atoms with Gasteiger partial charge in [0, 0.05) is 26.2 Å². The van der Waals surface area contributed by atoms with Gasteiger partial charge in [0.25, 0.3) is 0 Å². The van der Waals surface area contributed by atoms with Crippen LogP contribution in [0.25, 0.3) is 0 Å². The average Bonchev–Trinajstić information content (AvgIpc) is 1.87. The zero-order valence-electron chi connectivity index (χ0n) is 6.44. The number of nitrogens with zero attached hydrogens (tertiary/aromatic N) is 1. The lowest BCUT2D eigenvalue weighted by atomic mass is 10.4. The predicted molar refractivity (Wildman–Crippen MR) is 47.5 cm³/mol. The van der Waals surface area contributed by atoms with Gasteiger partial charge in [0.05, 0.1) is 0 Å². The Kier molecular flexibility index (Phi) is 6.96. The van der Waals surface area contributed by atoms with Crippen LogP contribution in [0.5, 0.6) is 0 Å². The molecule has 0 saturated carbocycles. The summed E-state index contributed by atoms with van der Waals surface area (Å²) in [5.41, 5.74) is 0. The molecule has 0 atom stereocenters. The highest BCUT2D eigenvalue weighted by atomic mass is 35.5. The van der Waals surface area contributed by atoms with Crippen molar-refractivity contribution in [3.8, 4) is 0 Å². The van der Waals surface area contributed by atoms with Crippen LogP contribution in [0.1, 0.15) is 0 Å². The molecular weight excluding hydrogens is 187 g/mol. The Labute approximate surface area is 76.6 Å². The third-order valence-corrected chi connectivity index (χ3v) is 1.34. The first-order valence-electron chi connectivity index (χ1n) is 3.37. The number of carbonyl (C=O) groups is 1. The van der Waals surface area contributed by atoms with Gasteiger partial charge in [-0.15, -0.1) is 0 Å². The number of nitrogens with one attached hydrogen (secondary N) is 1. The van der Waals surface area contributed by atoms with Gasteiger partial charge in [-0.1, -0.05) is 0 Å². The van der Waals surface area contributed by atoms with Gasteiger partial charge < -0.3 is 10.2 Å². The van der Waals surface area contributed by atoms with Crippen molar-refractivity contribution in [2.24, 2.45) is 0 Å². The number of halogens is 2. The van der Waals surface area contributed by atoms with Crippen LogP contribution in [0, 0.1) is 0 Å². The van der Waals surface area contributed by atoms with Crippen LogP contribution in [0.3, 0.4) is 0 Å². The zero-order chi connectivity index (χ0) is 8.69. The number of rotatable bonds is 0. The Hall–Kier alpha value is 0.170. The highest BCUT2D eigenvalue weighted by Gasteiger charge is 2.01. The second-order valence-electron chi connectivity index (χ2n) is 2.28. The van der Waals surface area contributed by atoms with Crippen molar-refractivity contribution in [3.05, 3.63) is 0 Å². The van der Waals surface area contributed by atoms with Crippen molar-refractivity contribution in [1.29, 1.82) is 0 Å². The maximum absolute atomic E-state index is 8.98. The summed E-state index contributed by atoms with van der Waals surface area (Å²) < 4.78 is -0.889. The molecule has 1 rings (SSSR count). The van der Waals surface area contributed by atoms with Gasteiger partial charge in [-0.05, 0) is 30.2 Å². The maximum atomic E-state index is 8.98. The summed E-state index contributed by atoms with van der Waals surface area (Å²) in [5.74, 6) is 0. The summed E-state index contributed by atoms with van der Waals surface area (Å²) >= 11 is 8.80. The monoisotopic (exact) mass is 198 g/mol. The quantitative estimate of drug-likeness (QED) is 0.593. The van der Waals surface area contributed by atoms with Gasteiger partial charge in [-0.2, -0.15) is 0 Å². The second-order valence-corrected chi connectivity index (χ2v) is 3.16. The fourth-order valence-electron chi connectivity index (χ4n) is 0.777. The van der Waals surface area contributed by atoms with E-state index in [0.29, 0.717) is 0 Å². The molecule has 1 aliphatic rings. The minimum absolute atomic E-state index is 0.889. The molecule has 0 bridgehead atoms. The van der Waals surface area contributed by atoms with Crippen molar-refractivity contribution < 1.29 is 4.79 Å². The van der Waals surface area contributed by atoms with E-state index in [4.69, 9.17) is 4.79 Å². The second kappa shape index (κ2) is 6.85. The van der Waals surface area contributed by atoms with Crippen LogP contribution >= 0.6 is 23.2 Å². The molecule has 0 radical (unpaired) electrons. The molecule has 11 heavy (non-hydrogen) atoms. The van der Waals surface area contributed by atoms with E-state index in [1.807, 2.05) is 0 Å². The van der Waals surface area contributed by atoms with E-state index in [-0.39, 0.29) is 0 Å². The van der Waals surface area contributed by atoms with E-state index in [9.17, 15) is 0 Å². The van der Waals surface area contributed by atoms with Crippen LogP contribution in [-0.4, -0.2) is 42.8 Å². The molecule has 0 aliphatic carbocycles. The van der Waals surface area contributed by atoms with Gasteiger partial charge in [0.15, 0.2) is 0 Å². The van der Waals surface area contributed by atoms with Crippen molar-refractivity contribution in [2.45, 2.75) is 0 Å². The first-order valence-corrected chi connectivity index (χ1v) is 4.12. The standard InChI is InChI=1S/C5H12N2.CCl2O/c1-7-4-2-6-3-5-7;2-1(3)4/h6H,2-5H2,1H3;. The van der Waals surface area contributed by atoms with Crippen LogP contribution in [-0.2, 0) is 0 Å². The molecule has 1 saturated heterocycles. The summed E-state index contributed by atoms with van der Waals surface area (Å²) in [7, 11) is 2.15. The lowest BCUT2D eigenvalue weighted by Crippen LogP contribution is -2.40. The van der Waals surface area contributed by atoms with Crippen molar-refractivity contribution in [2.75, 3.05) is 33.2 Å². The SMILES string of the molecule is CN1CCNCC1.O=C(Cl)Cl. The Balaban J connectivity index is 0.000000218. The molecule has 1 fully saturated rings. The Morgan fingerprint density at radius 2 is 1.73 bits per heavy atom. The third-order valence-electron chi connectivity index (χ3n) is 1.34. The van der Waals surface area contributed by atoms with Crippen molar-refractivity contribution in [3.63, 3.8) is 0 Å². The van der Waals surface area contributed by atoms with Crippen LogP contribution < -0.4 is 5.32 Å². The molecule has 3 nitrogen and oxygen atoms in total. The molecule has 0 aromatic heterocycles. The van der Waals surface area contributed by atoms with Crippen molar-refractivity contribution in [1.82, 2.24) is 10.2 Å². The molecule has 0 aromatic rings. The van der Waals surface area contributed by atoms with Gasteiger partial charge in [0.1, 0.15) is 0 Å². The number of piperazine rings is 1. The summed E-state index contributed by atoms with van der Waals surface area (Å²) in [6.07, 6.45) is 0. The summed E-state index contributed by atoms with van der Waals surface area (Å²) in [4.78, 5) is 11.3. The van der Waals surface area contributed by atoms with Gasteiger partial charge in [-0.3, -0.25) is 4.79 Å². The first-order chi connectivity index (χ1) is 5.13. The highest BCUT2D eigenvalue weighted by Crippen LogP contribution is 1.84. The molecule has 1 heterocycles. The van der Waals surface area contributed by atoms with Crippen LogP contribution in [0.2, 0.25) is 0 Å². The Morgan fingerprint density at radius 3 is 1.91 bits per heavy atom. The fraction of sp³-hybridized carbons (Fsp3) is 0.833. The van der Waals surface area contributed by atoms with E-state index in [1.54, 1.807) is 0 Å².